The molecular weight excluding hydrogens is 279 g/mol. The molecule has 0 aromatic heterocycles. The predicted octanol–water partition coefficient (Wildman–Crippen LogP) is 3.91. The smallest absolute Gasteiger partial charge is 0.255 e. The average Bonchev–Trinajstić information content (AvgIpc) is 2.40. The molecule has 0 heterocycles. The molecule has 20 heavy (non-hydrogen) atoms. The van der Waals surface area contributed by atoms with Gasteiger partial charge in [-0.1, -0.05) is 11.6 Å². The molecule has 0 saturated carbocycles. The number of amides is 1. The number of hydrogen-bond donors (Lipinski definition) is 1. The van der Waals surface area contributed by atoms with E-state index in [1.165, 1.54) is 18.2 Å². The Morgan fingerprint density at radius 3 is 2.70 bits per heavy atom. The van der Waals surface area contributed by atoms with E-state index in [9.17, 15) is 9.18 Å². The summed E-state index contributed by atoms with van der Waals surface area (Å²) in [7, 11) is 0. The molecule has 2 rings (SSSR count). The Balaban J connectivity index is 2.30. The second-order valence-electron chi connectivity index (χ2n) is 4.28. The van der Waals surface area contributed by atoms with E-state index >= 15 is 0 Å². The van der Waals surface area contributed by atoms with E-state index in [2.05, 4.69) is 5.32 Å². The fourth-order valence-corrected chi connectivity index (χ4v) is 1.92. The van der Waals surface area contributed by atoms with Crippen molar-refractivity contribution in [3.05, 3.63) is 63.9 Å². The molecule has 0 aliphatic heterocycles. The lowest BCUT2D eigenvalue weighted by molar-refractivity contribution is 0.102. The fraction of sp³-hybridized carbons (Fsp3) is 0.0667. The lowest BCUT2D eigenvalue weighted by atomic mass is 10.1. The molecule has 0 aliphatic rings. The van der Waals surface area contributed by atoms with Crippen molar-refractivity contribution in [3.8, 4) is 6.07 Å². The third-order valence-corrected chi connectivity index (χ3v) is 2.98. The number of hydrogen-bond acceptors (Lipinski definition) is 2. The van der Waals surface area contributed by atoms with Crippen LogP contribution in [0.1, 0.15) is 21.5 Å². The molecule has 0 unspecified atom stereocenters. The minimum atomic E-state index is -0.482. The van der Waals surface area contributed by atoms with Crippen molar-refractivity contribution in [1.29, 1.82) is 5.26 Å². The van der Waals surface area contributed by atoms with Crippen LogP contribution in [-0.4, -0.2) is 5.91 Å². The van der Waals surface area contributed by atoms with Crippen molar-refractivity contribution in [2.75, 3.05) is 5.32 Å². The van der Waals surface area contributed by atoms with Crippen LogP contribution in [0.4, 0.5) is 10.1 Å². The van der Waals surface area contributed by atoms with Crippen LogP contribution >= 0.6 is 11.6 Å². The van der Waals surface area contributed by atoms with E-state index in [4.69, 9.17) is 16.9 Å². The van der Waals surface area contributed by atoms with E-state index in [0.29, 0.717) is 21.8 Å². The lowest BCUT2D eigenvalue weighted by Crippen LogP contribution is -2.13. The number of carbonyl (C=O) groups is 1. The van der Waals surface area contributed by atoms with Crippen molar-refractivity contribution in [1.82, 2.24) is 0 Å². The van der Waals surface area contributed by atoms with Crippen molar-refractivity contribution in [2.24, 2.45) is 0 Å². The molecule has 100 valence electrons. The molecule has 0 aliphatic carbocycles. The first-order chi connectivity index (χ1) is 9.49. The zero-order valence-corrected chi connectivity index (χ0v) is 11.3. The van der Waals surface area contributed by atoms with Crippen LogP contribution < -0.4 is 5.32 Å². The highest BCUT2D eigenvalue weighted by Gasteiger charge is 2.11. The van der Waals surface area contributed by atoms with Gasteiger partial charge in [0.15, 0.2) is 0 Å². The van der Waals surface area contributed by atoms with Crippen molar-refractivity contribution in [3.63, 3.8) is 0 Å². The molecule has 0 spiro atoms. The summed E-state index contributed by atoms with van der Waals surface area (Å²) in [5, 5.41) is 11.7. The predicted molar refractivity (Wildman–Crippen MR) is 75.3 cm³/mol. The van der Waals surface area contributed by atoms with Crippen LogP contribution in [0.25, 0.3) is 0 Å². The van der Waals surface area contributed by atoms with E-state index < -0.39 is 11.7 Å². The largest absolute Gasteiger partial charge is 0.321 e. The molecule has 0 radical (unpaired) electrons. The zero-order valence-electron chi connectivity index (χ0n) is 10.6. The maximum absolute atomic E-state index is 13.3. The standard InChI is InChI=1S/C15H10ClFN2O/c1-9-4-11(7-12(17)5-9)15(20)19-14-6-10(8-18)2-3-13(14)16/h2-7H,1H3,(H,19,20). The Labute approximate surface area is 120 Å². The van der Waals surface area contributed by atoms with Crippen LogP contribution in [-0.2, 0) is 0 Å². The maximum atomic E-state index is 13.3. The normalized spacial score (nSPS) is 9.90. The molecular formula is C15H10ClFN2O. The first kappa shape index (κ1) is 14.0. The van der Waals surface area contributed by atoms with Gasteiger partial charge in [0.2, 0.25) is 0 Å². The second-order valence-corrected chi connectivity index (χ2v) is 4.69. The van der Waals surface area contributed by atoms with Gasteiger partial charge in [-0.25, -0.2) is 4.39 Å². The van der Waals surface area contributed by atoms with Crippen LogP contribution in [0.15, 0.2) is 36.4 Å². The molecule has 0 atom stereocenters. The second kappa shape index (κ2) is 5.72. The first-order valence-corrected chi connectivity index (χ1v) is 6.15. The monoisotopic (exact) mass is 288 g/mol. The molecule has 3 nitrogen and oxygen atoms in total. The van der Waals surface area contributed by atoms with Gasteiger partial charge >= 0.3 is 0 Å². The van der Waals surface area contributed by atoms with E-state index in [1.807, 2.05) is 6.07 Å². The van der Waals surface area contributed by atoms with Crippen LogP contribution in [0, 0.1) is 24.1 Å². The van der Waals surface area contributed by atoms with Gasteiger partial charge in [0.05, 0.1) is 22.3 Å². The van der Waals surface area contributed by atoms with Gasteiger partial charge in [0, 0.05) is 5.56 Å². The highest BCUT2D eigenvalue weighted by molar-refractivity contribution is 6.34. The summed E-state index contributed by atoms with van der Waals surface area (Å²) in [6.07, 6.45) is 0. The number of aryl methyl sites for hydroxylation is 1. The maximum Gasteiger partial charge on any atom is 0.255 e. The zero-order chi connectivity index (χ0) is 14.7. The first-order valence-electron chi connectivity index (χ1n) is 5.78. The van der Waals surface area contributed by atoms with Gasteiger partial charge in [0.25, 0.3) is 5.91 Å². The number of nitrogens with one attached hydrogen (secondary N) is 1. The van der Waals surface area contributed by atoms with Crippen LogP contribution in [0.2, 0.25) is 5.02 Å². The summed E-state index contributed by atoms with van der Waals surface area (Å²) in [6.45, 7) is 1.70. The number of benzene rings is 2. The number of carbonyl (C=O) groups excluding carboxylic acids is 1. The molecule has 5 heteroatoms. The van der Waals surface area contributed by atoms with Crippen LogP contribution in [0.5, 0.6) is 0 Å². The summed E-state index contributed by atoms with van der Waals surface area (Å²) in [4.78, 5) is 12.1. The van der Waals surface area contributed by atoms with Crippen molar-refractivity contribution < 1.29 is 9.18 Å². The fourth-order valence-electron chi connectivity index (χ4n) is 1.75. The third-order valence-electron chi connectivity index (χ3n) is 2.65. The number of halogens is 2. The van der Waals surface area contributed by atoms with Gasteiger partial charge in [-0.3, -0.25) is 4.79 Å². The van der Waals surface area contributed by atoms with Gasteiger partial charge in [-0.2, -0.15) is 5.26 Å². The minimum Gasteiger partial charge on any atom is -0.321 e. The van der Waals surface area contributed by atoms with E-state index in [0.717, 1.165) is 6.07 Å². The van der Waals surface area contributed by atoms with Crippen LogP contribution in [0.3, 0.4) is 0 Å². The minimum absolute atomic E-state index is 0.195. The Bertz CT molecular complexity index is 702. The number of nitriles is 1. The summed E-state index contributed by atoms with van der Waals surface area (Å²) in [6, 6.07) is 10.5. The summed E-state index contributed by atoms with van der Waals surface area (Å²) in [5.41, 5.74) is 1.53. The number of rotatable bonds is 2. The number of anilines is 1. The molecule has 2 aromatic rings. The Hall–Kier alpha value is -2.38. The molecule has 0 saturated heterocycles. The molecule has 1 N–H and O–H groups in total. The molecule has 1 amide bonds. The van der Waals surface area contributed by atoms with Crippen molar-refractivity contribution in [2.45, 2.75) is 6.92 Å². The molecule has 2 aromatic carbocycles. The van der Waals surface area contributed by atoms with E-state index in [-0.39, 0.29) is 5.56 Å². The summed E-state index contributed by atoms with van der Waals surface area (Å²) in [5.74, 6) is -0.961. The van der Waals surface area contributed by atoms with Crippen molar-refractivity contribution >= 4 is 23.2 Å². The Morgan fingerprint density at radius 2 is 2.05 bits per heavy atom. The topological polar surface area (TPSA) is 52.9 Å². The summed E-state index contributed by atoms with van der Waals surface area (Å²) < 4.78 is 13.3. The summed E-state index contributed by atoms with van der Waals surface area (Å²) >= 11 is 5.95. The molecule has 0 bridgehead atoms. The highest BCUT2D eigenvalue weighted by Crippen LogP contribution is 2.23. The number of nitrogens with zero attached hydrogens (tertiary/aromatic N) is 1. The Kier molecular flexibility index (Phi) is 4.02. The molecule has 0 fully saturated rings. The van der Waals surface area contributed by atoms with Gasteiger partial charge in [-0.05, 0) is 48.9 Å². The van der Waals surface area contributed by atoms with Gasteiger partial charge in [-0.15, -0.1) is 0 Å². The lowest BCUT2D eigenvalue weighted by Gasteiger charge is -2.08. The average molecular weight is 289 g/mol. The Morgan fingerprint density at radius 1 is 1.30 bits per heavy atom. The SMILES string of the molecule is Cc1cc(F)cc(C(=O)Nc2cc(C#N)ccc2Cl)c1. The third kappa shape index (κ3) is 3.14. The van der Waals surface area contributed by atoms with Gasteiger partial charge < -0.3 is 5.32 Å². The van der Waals surface area contributed by atoms with E-state index in [1.54, 1.807) is 19.1 Å². The quantitative estimate of drug-likeness (QED) is 0.911. The highest BCUT2D eigenvalue weighted by atomic mass is 35.5. The van der Waals surface area contributed by atoms with Gasteiger partial charge in [0.1, 0.15) is 5.82 Å².